The Morgan fingerprint density at radius 3 is 2.65 bits per heavy atom. The van der Waals surface area contributed by atoms with Crippen LogP contribution in [-0.4, -0.2) is 40.7 Å². The van der Waals surface area contributed by atoms with E-state index in [0.717, 1.165) is 32.1 Å². The van der Waals surface area contributed by atoms with Crippen LogP contribution in [0.3, 0.4) is 0 Å². The van der Waals surface area contributed by atoms with E-state index in [1.54, 1.807) is 0 Å². The van der Waals surface area contributed by atoms with Crippen LogP contribution in [0.5, 0.6) is 0 Å². The van der Waals surface area contributed by atoms with Gasteiger partial charge in [0.05, 0.1) is 6.42 Å². The molecule has 6 heteroatoms. The molecular weight excluding hydrogens is 276 g/mol. The third kappa shape index (κ3) is 4.89. The predicted octanol–water partition coefficient (Wildman–Crippen LogP) is 2.21. The van der Waals surface area contributed by atoms with E-state index in [9.17, 15) is 9.59 Å². The van der Waals surface area contributed by atoms with Crippen molar-refractivity contribution in [2.75, 3.05) is 6.26 Å². The molecule has 3 N–H and O–H groups in total. The lowest BCUT2D eigenvalue weighted by Gasteiger charge is -2.29. The number of hydrogen-bond acceptors (Lipinski definition) is 3. The Balaban J connectivity index is 1.77. The smallest absolute Gasteiger partial charge is 0.315 e. The molecule has 3 atom stereocenters. The van der Waals surface area contributed by atoms with Gasteiger partial charge >= 0.3 is 12.0 Å². The quantitative estimate of drug-likeness (QED) is 0.703. The van der Waals surface area contributed by atoms with Crippen molar-refractivity contribution >= 4 is 23.8 Å². The normalized spacial score (nSPS) is 27.6. The van der Waals surface area contributed by atoms with E-state index < -0.39 is 5.97 Å². The topological polar surface area (TPSA) is 78.4 Å². The van der Waals surface area contributed by atoms with Crippen LogP contribution >= 0.6 is 11.8 Å². The first kappa shape index (κ1) is 15.5. The molecule has 0 saturated heterocycles. The minimum absolute atomic E-state index is 0.0240. The van der Waals surface area contributed by atoms with Gasteiger partial charge in [-0.05, 0) is 44.3 Å². The van der Waals surface area contributed by atoms with E-state index >= 15 is 0 Å². The van der Waals surface area contributed by atoms with Crippen molar-refractivity contribution in [1.29, 1.82) is 0 Å². The number of thioether (sulfide) groups is 1. The van der Waals surface area contributed by atoms with Gasteiger partial charge in [-0.15, -0.1) is 0 Å². The standard InChI is InChI=1S/C14H24N2O3S/c1-20-11-4-2-3-10(7-11)15-14(19)16-12(8-13(17)18)9-5-6-9/h9-12H,2-8H2,1H3,(H,17,18)(H2,15,16,19). The molecule has 114 valence electrons. The Morgan fingerprint density at radius 1 is 1.30 bits per heavy atom. The third-order valence-corrected chi connectivity index (χ3v) is 5.29. The highest BCUT2D eigenvalue weighted by atomic mass is 32.2. The van der Waals surface area contributed by atoms with Gasteiger partial charge in [0.2, 0.25) is 0 Å². The lowest BCUT2D eigenvalue weighted by molar-refractivity contribution is -0.137. The maximum absolute atomic E-state index is 12.0. The molecule has 3 unspecified atom stereocenters. The van der Waals surface area contributed by atoms with Crippen LogP contribution in [0.2, 0.25) is 0 Å². The van der Waals surface area contributed by atoms with Gasteiger partial charge in [0.1, 0.15) is 0 Å². The van der Waals surface area contributed by atoms with Crippen LogP contribution in [0, 0.1) is 5.92 Å². The zero-order chi connectivity index (χ0) is 14.5. The Bertz CT molecular complexity index is 360. The lowest BCUT2D eigenvalue weighted by Crippen LogP contribution is -2.49. The molecule has 0 spiro atoms. The van der Waals surface area contributed by atoms with E-state index in [1.165, 1.54) is 6.42 Å². The molecule has 0 radical (unpaired) electrons. The summed E-state index contributed by atoms with van der Waals surface area (Å²) in [4.78, 5) is 22.8. The Kier molecular flexibility index (Phi) is 5.57. The summed E-state index contributed by atoms with van der Waals surface area (Å²) in [6, 6.07) is -0.187. The summed E-state index contributed by atoms with van der Waals surface area (Å²) in [7, 11) is 0. The van der Waals surface area contributed by atoms with Crippen molar-refractivity contribution in [3.05, 3.63) is 0 Å². The molecule has 0 aromatic rings. The summed E-state index contributed by atoms with van der Waals surface area (Å²) in [6.45, 7) is 0. The number of aliphatic carboxylic acids is 1. The van der Waals surface area contributed by atoms with E-state index in [0.29, 0.717) is 11.2 Å². The number of hydrogen-bond donors (Lipinski definition) is 3. The van der Waals surface area contributed by atoms with Crippen molar-refractivity contribution in [2.45, 2.75) is 62.3 Å². The van der Waals surface area contributed by atoms with Crippen LogP contribution in [0.15, 0.2) is 0 Å². The highest BCUT2D eigenvalue weighted by molar-refractivity contribution is 7.99. The molecule has 2 aliphatic rings. The SMILES string of the molecule is CSC1CCCC(NC(=O)NC(CC(=O)O)C2CC2)C1. The number of carboxylic acid groups (broad SMARTS) is 1. The van der Waals surface area contributed by atoms with Crippen LogP contribution in [0.1, 0.15) is 44.9 Å². The molecule has 0 heterocycles. The first-order chi connectivity index (χ1) is 9.58. The summed E-state index contributed by atoms with van der Waals surface area (Å²) in [5, 5.41) is 15.4. The molecule has 2 saturated carbocycles. The molecule has 0 bridgehead atoms. The first-order valence-electron chi connectivity index (χ1n) is 7.40. The fourth-order valence-corrected chi connectivity index (χ4v) is 3.73. The average molecular weight is 300 g/mol. The summed E-state index contributed by atoms with van der Waals surface area (Å²) < 4.78 is 0. The van der Waals surface area contributed by atoms with Gasteiger partial charge in [0, 0.05) is 17.3 Å². The summed E-state index contributed by atoms with van der Waals surface area (Å²) in [5.41, 5.74) is 0. The predicted molar refractivity (Wildman–Crippen MR) is 80.0 cm³/mol. The van der Waals surface area contributed by atoms with Crippen molar-refractivity contribution in [2.24, 2.45) is 5.92 Å². The molecule has 2 aliphatic carbocycles. The van der Waals surface area contributed by atoms with Crippen LogP contribution in [0.4, 0.5) is 4.79 Å². The second-order valence-corrected chi connectivity index (χ2v) is 7.02. The molecule has 0 aliphatic heterocycles. The summed E-state index contributed by atoms with van der Waals surface area (Å²) >= 11 is 1.86. The molecule has 2 fully saturated rings. The summed E-state index contributed by atoms with van der Waals surface area (Å²) in [5.74, 6) is -0.496. The van der Waals surface area contributed by atoms with Crippen molar-refractivity contribution in [3.63, 3.8) is 0 Å². The fourth-order valence-electron chi connectivity index (χ4n) is 2.91. The Labute approximate surface area is 124 Å². The van der Waals surface area contributed by atoms with Gasteiger partial charge in [0.25, 0.3) is 0 Å². The highest BCUT2D eigenvalue weighted by Crippen LogP contribution is 2.34. The zero-order valence-electron chi connectivity index (χ0n) is 11.9. The monoisotopic (exact) mass is 300 g/mol. The van der Waals surface area contributed by atoms with Crippen LogP contribution in [0.25, 0.3) is 0 Å². The van der Waals surface area contributed by atoms with E-state index in [1.807, 2.05) is 11.8 Å². The number of carboxylic acids is 1. The van der Waals surface area contributed by atoms with Gasteiger partial charge in [-0.2, -0.15) is 11.8 Å². The molecule has 2 amide bonds. The third-order valence-electron chi connectivity index (χ3n) is 4.20. The Morgan fingerprint density at radius 2 is 2.05 bits per heavy atom. The van der Waals surface area contributed by atoms with Crippen molar-refractivity contribution < 1.29 is 14.7 Å². The minimum Gasteiger partial charge on any atom is -0.481 e. The number of urea groups is 1. The molecule has 0 aromatic heterocycles. The second-order valence-electron chi connectivity index (χ2n) is 5.88. The van der Waals surface area contributed by atoms with Gasteiger partial charge in [-0.3, -0.25) is 4.79 Å². The number of nitrogens with one attached hydrogen (secondary N) is 2. The van der Waals surface area contributed by atoms with Crippen molar-refractivity contribution in [3.8, 4) is 0 Å². The molecule has 2 rings (SSSR count). The summed E-state index contributed by atoms with van der Waals surface area (Å²) in [6.07, 6.45) is 8.60. The Hall–Kier alpha value is -0.910. The fraction of sp³-hybridized carbons (Fsp3) is 0.857. The largest absolute Gasteiger partial charge is 0.481 e. The number of rotatable bonds is 6. The van der Waals surface area contributed by atoms with Gasteiger partial charge in [-0.25, -0.2) is 4.79 Å². The lowest BCUT2D eigenvalue weighted by atomic mass is 9.95. The molecular formula is C14H24N2O3S. The number of carbonyl (C=O) groups is 2. The maximum Gasteiger partial charge on any atom is 0.315 e. The maximum atomic E-state index is 12.0. The van der Waals surface area contributed by atoms with Crippen molar-refractivity contribution in [1.82, 2.24) is 10.6 Å². The second kappa shape index (κ2) is 7.20. The number of amides is 2. The highest BCUT2D eigenvalue weighted by Gasteiger charge is 2.34. The zero-order valence-corrected chi connectivity index (χ0v) is 12.7. The number of carbonyl (C=O) groups excluding carboxylic acids is 1. The van der Waals surface area contributed by atoms with E-state index in [-0.39, 0.29) is 24.5 Å². The van der Waals surface area contributed by atoms with E-state index in [2.05, 4.69) is 16.9 Å². The first-order valence-corrected chi connectivity index (χ1v) is 8.69. The van der Waals surface area contributed by atoms with Crippen LogP contribution in [-0.2, 0) is 4.79 Å². The van der Waals surface area contributed by atoms with Gasteiger partial charge in [0.15, 0.2) is 0 Å². The minimum atomic E-state index is -0.845. The molecule has 20 heavy (non-hydrogen) atoms. The average Bonchev–Trinajstić information content (AvgIpc) is 3.21. The van der Waals surface area contributed by atoms with Gasteiger partial charge in [-0.1, -0.05) is 6.42 Å². The van der Waals surface area contributed by atoms with E-state index in [4.69, 9.17) is 5.11 Å². The molecule has 0 aromatic carbocycles. The van der Waals surface area contributed by atoms with Gasteiger partial charge < -0.3 is 15.7 Å². The van der Waals surface area contributed by atoms with Crippen LogP contribution < -0.4 is 10.6 Å². The molecule has 5 nitrogen and oxygen atoms in total.